The van der Waals surface area contributed by atoms with Crippen molar-refractivity contribution in [3.8, 4) is 0 Å². The predicted octanol–water partition coefficient (Wildman–Crippen LogP) is 1.24. The van der Waals surface area contributed by atoms with Gasteiger partial charge in [-0.25, -0.2) is 0 Å². The molecule has 0 amide bonds. The molecule has 2 N–H and O–H groups in total. The van der Waals surface area contributed by atoms with Gasteiger partial charge in [-0.05, 0) is 32.9 Å². The first-order valence-corrected chi connectivity index (χ1v) is 5.77. The third-order valence-corrected chi connectivity index (χ3v) is 3.47. The van der Waals surface area contributed by atoms with Gasteiger partial charge in [-0.15, -0.1) is 0 Å². The maximum absolute atomic E-state index is 6.04. The van der Waals surface area contributed by atoms with Crippen LogP contribution in [0.2, 0.25) is 0 Å². The van der Waals surface area contributed by atoms with Crippen LogP contribution >= 0.6 is 0 Å². The lowest BCUT2D eigenvalue weighted by Gasteiger charge is -2.11. The van der Waals surface area contributed by atoms with Gasteiger partial charge in [0.05, 0.1) is 11.9 Å². The Bertz CT molecular complexity index is 219. The largest absolute Gasteiger partial charge is 0.387 e. The highest BCUT2D eigenvalue weighted by Crippen LogP contribution is 2.25. The smallest absolute Gasteiger partial charge is 0.0972 e. The van der Waals surface area contributed by atoms with Crippen LogP contribution in [-0.4, -0.2) is 36.9 Å². The van der Waals surface area contributed by atoms with Crippen molar-refractivity contribution in [3.63, 3.8) is 0 Å². The molecule has 3 heteroatoms. The fourth-order valence-corrected chi connectivity index (χ4v) is 2.55. The van der Waals surface area contributed by atoms with Gasteiger partial charge in [0.25, 0.3) is 0 Å². The Morgan fingerprint density at radius 1 is 1.29 bits per heavy atom. The topological polar surface area (TPSA) is 41.6 Å². The van der Waals surface area contributed by atoms with Crippen LogP contribution < -0.4 is 5.73 Å². The normalized spacial score (nSPS) is 31.5. The van der Waals surface area contributed by atoms with Gasteiger partial charge in [0, 0.05) is 12.5 Å². The van der Waals surface area contributed by atoms with Gasteiger partial charge in [0.1, 0.15) is 0 Å². The van der Waals surface area contributed by atoms with E-state index in [9.17, 15) is 0 Å². The highest BCUT2D eigenvalue weighted by atomic mass is 15.1. The Morgan fingerprint density at radius 3 is 2.57 bits per heavy atom. The SMILES string of the molecule is CN1CCC(N=C(N)C2CCCC2)C1. The van der Waals surface area contributed by atoms with E-state index in [1.54, 1.807) is 0 Å². The molecule has 1 saturated heterocycles. The number of hydrogen-bond donors (Lipinski definition) is 1. The molecule has 1 heterocycles. The lowest BCUT2D eigenvalue weighted by Crippen LogP contribution is -2.25. The molecule has 0 aromatic heterocycles. The van der Waals surface area contributed by atoms with Crippen molar-refractivity contribution < 1.29 is 0 Å². The second-order valence-electron chi connectivity index (χ2n) is 4.74. The molecule has 1 aliphatic carbocycles. The quantitative estimate of drug-likeness (QED) is 0.532. The van der Waals surface area contributed by atoms with E-state index < -0.39 is 0 Å². The number of amidine groups is 1. The summed E-state index contributed by atoms with van der Waals surface area (Å²) in [4.78, 5) is 6.99. The third kappa shape index (κ3) is 2.27. The molecule has 2 fully saturated rings. The van der Waals surface area contributed by atoms with E-state index in [2.05, 4.69) is 16.9 Å². The summed E-state index contributed by atoms with van der Waals surface area (Å²) in [6.45, 7) is 2.26. The number of rotatable bonds is 2. The molecule has 1 unspecified atom stereocenters. The number of aliphatic imine (C=N–C) groups is 1. The van der Waals surface area contributed by atoms with Crippen LogP contribution in [0.5, 0.6) is 0 Å². The lowest BCUT2D eigenvalue weighted by molar-refractivity contribution is 0.411. The van der Waals surface area contributed by atoms with E-state index in [-0.39, 0.29) is 0 Å². The van der Waals surface area contributed by atoms with E-state index in [0.29, 0.717) is 12.0 Å². The second-order valence-corrected chi connectivity index (χ2v) is 4.74. The highest BCUT2D eigenvalue weighted by Gasteiger charge is 2.22. The van der Waals surface area contributed by atoms with Gasteiger partial charge < -0.3 is 10.6 Å². The van der Waals surface area contributed by atoms with Crippen LogP contribution in [0, 0.1) is 5.92 Å². The fourth-order valence-electron chi connectivity index (χ4n) is 2.55. The van der Waals surface area contributed by atoms with Crippen molar-refractivity contribution in [2.75, 3.05) is 20.1 Å². The minimum absolute atomic E-state index is 0.473. The Morgan fingerprint density at radius 2 is 2.00 bits per heavy atom. The first-order valence-electron chi connectivity index (χ1n) is 5.77. The second kappa shape index (κ2) is 4.30. The molecule has 2 rings (SSSR count). The van der Waals surface area contributed by atoms with Crippen LogP contribution in [0.3, 0.4) is 0 Å². The summed E-state index contributed by atoms with van der Waals surface area (Å²) >= 11 is 0. The summed E-state index contributed by atoms with van der Waals surface area (Å²) in [5.74, 6) is 1.53. The molecule has 1 atom stereocenters. The van der Waals surface area contributed by atoms with Gasteiger partial charge in [-0.3, -0.25) is 4.99 Å². The molecule has 0 bridgehead atoms. The maximum Gasteiger partial charge on any atom is 0.0972 e. The van der Waals surface area contributed by atoms with Gasteiger partial charge in [0.2, 0.25) is 0 Å². The molecular weight excluding hydrogens is 174 g/mol. The summed E-state index contributed by atoms with van der Waals surface area (Å²) in [5.41, 5.74) is 6.04. The molecule has 2 aliphatic rings. The van der Waals surface area contributed by atoms with E-state index in [1.165, 1.54) is 38.6 Å². The summed E-state index contributed by atoms with van der Waals surface area (Å²) in [7, 11) is 2.15. The molecule has 0 radical (unpaired) electrons. The minimum Gasteiger partial charge on any atom is -0.387 e. The molecular formula is C11H21N3. The van der Waals surface area contributed by atoms with E-state index >= 15 is 0 Å². The Labute approximate surface area is 86.4 Å². The fraction of sp³-hybridized carbons (Fsp3) is 0.909. The average Bonchev–Trinajstić information content (AvgIpc) is 2.75. The molecule has 1 saturated carbocycles. The third-order valence-electron chi connectivity index (χ3n) is 3.47. The predicted molar refractivity (Wildman–Crippen MR) is 59.5 cm³/mol. The van der Waals surface area contributed by atoms with E-state index in [0.717, 1.165) is 12.4 Å². The highest BCUT2D eigenvalue weighted by molar-refractivity contribution is 5.83. The van der Waals surface area contributed by atoms with Crippen molar-refractivity contribution in [2.24, 2.45) is 16.6 Å². The maximum atomic E-state index is 6.04. The standard InChI is InChI=1S/C11H21N3/c1-14-7-6-10(8-14)13-11(12)9-4-2-3-5-9/h9-10H,2-8H2,1H3,(H2,12,13). The number of likely N-dealkylation sites (N-methyl/N-ethyl adjacent to an activating group) is 1. The molecule has 14 heavy (non-hydrogen) atoms. The van der Waals surface area contributed by atoms with Crippen LogP contribution in [0.4, 0.5) is 0 Å². The molecule has 0 spiro atoms. The van der Waals surface area contributed by atoms with Gasteiger partial charge in [0.15, 0.2) is 0 Å². The van der Waals surface area contributed by atoms with Crippen LogP contribution in [0.1, 0.15) is 32.1 Å². The van der Waals surface area contributed by atoms with Crippen LogP contribution in [0.15, 0.2) is 4.99 Å². The van der Waals surface area contributed by atoms with Crippen LogP contribution in [0.25, 0.3) is 0 Å². The Kier molecular flexibility index (Phi) is 3.06. The molecule has 1 aliphatic heterocycles. The van der Waals surface area contributed by atoms with Gasteiger partial charge in [-0.1, -0.05) is 12.8 Å². The number of likely N-dealkylation sites (tertiary alicyclic amines) is 1. The van der Waals surface area contributed by atoms with E-state index in [1.807, 2.05) is 0 Å². The van der Waals surface area contributed by atoms with Crippen molar-refractivity contribution in [3.05, 3.63) is 0 Å². The van der Waals surface area contributed by atoms with Gasteiger partial charge in [-0.2, -0.15) is 0 Å². The monoisotopic (exact) mass is 195 g/mol. The van der Waals surface area contributed by atoms with Gasteiger partial charge >= 0.3 is 0 Å². The molecule has 0 aromatic rings. The van der Waals surface area contributed by atoms with Crippen molar-refractivity contribution >= 4 is 5.84 Å². The number of hydrogen-bond acceptors (Lipinski definition) is 2. The number of nitrogens with zero attached hydrogens (tertiary/aromatic N) is 2. The lowest BCUT2D eigenvalue weighted by atomic mass is 10.1. The average molecular weight is 195 g/mol. The summed E-state index contributed by atoms with van der Waals surface area (Å²) in [5, 5.41) is 0. The van der Waals surface area contributed by atoms with Crippen LogP contribution in [-0.2, 0) is 0 Å². The summed E-state index contributed by atoms with van der Waals surface area (Å²) in [6.07, 6.45) is 6.39. The Balaban J connectivity index is 1.89. The molecule has 80 valence electrons. The minimum atomic E-state index is 0.473. The zero-order valence-electron chi connectivity index (χ0n) is 9.08. The van der Waals surface area contributed by atoms with Crippen molar-refractivity contribution in [1.82, 2.24) is 4.90 Å². The summed E-state index contributed by atoms with van der Waals surface area (Å²) in [6, 6.07) is 0.473. The molecule has 0 aromatic carbocycles. The summed E-state index contributed by atoms with van der Waals surface area (Å²) < 4.78 is 0. The van der Waals surface area contributed by atoms with Crippen molar-refractivity contribution in [1.29, 1.82) is 0 Å². The van der Waals surface area contributed by atoms with Crippen molar-refractivity contribution in [2.45, 2.75) is 38.1 Å². The first kappa shape index (κ1) is 9.97. The van der Waals surface area contributed by atoms with E-state index in [4.69, 9.17) is 5.73 Å². The first-order chi connectivity index (χ1) is 6.75. The zero-order valence-corrected chi connectivity index (χ0v) is 9.08. The number of nitrogens with two attached hydrogens (primary N) is 1. The Hall–Kier alpha value is -0.570. The molecule has 3 nitrogen and oxygen atoms in total. The zero-order chi connectivity index (χ0) is 9.97.